The molecule has 18 N–H and O–H groups in total. The van der Waals surface area contributed by atoms with Gasteiger partial charge in [-0.2, -0.15) is 11.8 Å². The summed E-state index contributed by atoms with van der Waals surface area (Å²) in [4.78, 5) is 152. The molecule has 0 aliphatic heterocycles. The first-order chi connectivity index (χ1) is 38.0. The minimum absolute atomic E-state index is 0.0107. The quantitative estimate of drug-likeness (QED) is 0.0271. The Balaban J connectivity index is 1.85. The molecule has 0 saturated heterocycles. The molecule has 0 fully saturated rings. The third-order valence-electron chi connectivity index (χ3n) is 12.2. The van der Waals surface area contributed by atoms with Crippen molar-refractivity contribution in [1.29, 1.82) is 0 Å². The number of imidazole rings is 1. The number of aromatic hydroxyl groups is 1. The Hall–Kier alpha value is -8.11. The zero-order valence-corrected chi connectivity index (χ0v) is 45.7. The highest BCUT2D eigenvalue weighted by molar-refractivity contribution is 7.98. The van der Waals surface area contributed by atoms with E-state index < -0.39 is 139 Å². The third-order valence-corrected chi connectivity index (χ3v) is 12.8. The lowest BCUT2D eigenvalue weighted by molar-refractivity contribution is -0.140. The second kappa shape index (κ2) is 34.7. The van der Waals surface area contributed by atoms with E-state index in [1.54, 1.807) is 62.6 Å². The van der Waals surface area contributed by atoms with Gasteiger partial charge in [0, 0.05) is 37.6 Å². The number of benzene rings is 2. The Morgan fingerprint density at radius 2 is 1.14 bits per heavy atom. The van der Waals surface area contributed by atoms with Crippen molar-refractivity contribution in [2.45, 2.75) is 133 Å². The number of amides is 9. The highest BCUT2D eigenvalue weighted by Gasteiger charge is 2.34. The number of phenols is 1. The summed E-state index contributed by atoms with van der Waals surface area (Å²) in [6.07, 6.45) is 3.25. The predicted molar refractivity (Wildman–Crippen MR) is 292 cm³/mol. The molecule has 0 bridgehead atoms. The van der Waals surface area contributed by atoms with Gasteiger partial charge in [0.05, 0.1) is 25.3 Å². The van der Waals surface area contributed by atoms with Gasteiger partial charge in [0.2, 0.25) is 53.2 Å². The lowest BCUT2D eigenvalue weighted by Crippen LogP contribution is -2.60. The number of carbonyl (C=O) groups is 11. The minimum atomic E-state index is -1.58. The van der Waals surface area contributed by atoms with Crippen molar-refractivity contribution < 1.29 is 68.1 Å². The highest BCUT2D eigenvalue weighted by Crippen LogP contribution is 2.15. The lowest BCUT2D eigenvalue weighted by Gasteiger charge is -2.28. The fraction of sp³-hybridized carbons (Fsp3) is 0.500. The van der Waals surface area contributed by atoms with Gasteiger partial charge in [-0.25, -0.2) is 4.98 Å². The van der Waals surface area contributed by atoms with Gasteiger partial charge in [-0.15, -0.1) is 0 Å². The number of unbranched alkanes of at least 4 members (excludes halogenated alkanes) is 1. The number of nitrogens with one attached hydrogen (secondary N) is 9. The number of thioether (sulfide) groups is 1. The number of carbonyl (C=O) groups excluding carboxylic acids is 9. The van der Waals surface area contributed by atoms with Gasteiger partial charge < -0.3 is 80.0 Å². The van der Waals surface area contributed by atoms with Crippen molar-refractivity contribution in [1.82, 2.24) is 52.5 Å². The van der Waals surface area contributed by atoms with E-state index in [0.717, 1.165) is 0 Å². The summed E-state index contributed by atoms with van der Waals surface area (Å²) >= 11 is 1.37. The van der Waals surface area contributed by atoms with Crippen molar-refractivity contribution in [3.05, 3.63) is 83.9 Å². The van der Waals surface area contributed by atoms with Gasteiger partial charge in [0.25, 0.3) is 0 Å². The van der Waals surface area contributed by atoms with Crippen LogP contribution in [-0.4, -0.2) is 164 Å². The number of H-pyrrole nitrogens is 1. The van der Waals surface area contributed by atoms with Crippen LogP contribution in [0.1, 0.15) is 82.0 Å². The molecule has 80 heavy (non-hydrogen) atoms. The summed E-state index contributed by atoms with van der Waals surface area (Å²) in [7, 11) is 0. The number of carboxylic acid groups (broad SMARTS) is 2. The lowest BCUT2D eigenvalue weighted by atomic mass is 9.99. The molecule has 9 amide bonds. The third kappa shape index (κ3) is 24.7. The first-order valence-corrected chi connectivity index (χ1v) is 27.2. The normalized spacial score (nSPS) is 14.0. The number of primary amides is 1. The van der Waals surface area contributed by atoms with E-state index in [1.807, 2.05) is 0 Å². The maximum Gasteiger partial charge on any atom is 0.305 e. The average Bonchev–Trinajstić information content (AvgIpc) is 3.92. The van der Waals surface area contributed by atoms with Gasteiger partial charge in [-0.1, -0.05) is 56.3 Å². The van der Waals surface area contributed by atoms with Crippen molar-refractivity contribution in [3.63, 3.8) is 0 Å². The molecule has 8 atom stereocenters. The predicted octanol–water partition coefficient (Wildman–Crippen LogP) is -2.27. The van der Waals surface area contributed by atoms with Crippen LogP contribution in [0.4, 0.5) is 0 Å². The van der Waals surface area contributed by atoms with Crippen LogP contribution in [0.5, 0.6) is 5.75 Å². The number of rotatable bonds is 37. The van der Waals surface area contributed by atoms with Gasteiger partial charge in [-0.05, 0) is 86.3 Å². The van der Waals surface area contributed by atoms with Crippen LogP contribution in [0.2, 0.25) is 0 Å². The van der Waals surface area contributed by atoms with Crippen molar-refractivity contribution in [2.75, 3.05) is 25.1 Å². The van der Waals surface area contributed by atoms with Gasteiger partial charge in [0.15, 0.2) is 0 Å². The van der Waals surface area contributed by atoms with Crippen LogP contribution in [0, 0.1) is 5.92 Å². The molecule has 1 aromatic heterocycles. The van der Waals surface area contributed by atoms with Gasteiger partial charge in [-0.3, -0.25) is 52.7 Å². The second-order valence-corrected chi connectivity index (χ2v) is 20.3. The van der Waals surface area contributed by atoms with Crippen molar-refractivity contribution in [3.8, 4) is 5.75 Å². The van der Waals surface area contributed by atoms with Crippen LogP contribution in [-0.2, 0) is 72.0 Å². The van der Waals surface area contributed by atoms with Crippen LogP contribution in [0.25, 0.3) is 0 Å². The molecule has 0 spiro atoms. The zero-order chi connectivity index (χ0) is 59.3. The number of hydrogen-bond donors (Lipinski definition) is 15. The summed E-state index contributed by atoms with van der Waals surface area (Å²) in [5, 5.41) is 48.6. The molecule has 27 nitrogen and oxygen atoms in total. The Labute approximate surface area is 466 Å². The highest BCUT2D eigenvalue weighted by atomic mass is 32.2. The molecule has 0 saturated carbocycles. The number of aromatic amines is 1. The molecule has 28 heteroatoms. The van der Waals surface area contributed by atoms with E-state index in [0.29, 0.717) is 35.4 Å². The number of nitrogens with two attached hydrogens (primary N) is 3. The van der Waals surface area contributed by atoms with Crippen molar-refractivity contribution >= 4 is 76.9 Å². The Morgan fingerprint density at radius 1 is 0.613 bits per heavy atom. The number of hydrogen-bond acceptors (Lipinski definition) is 16. The monoisotopic (exact) mass is 1140 g/mol. The van der Waals surface area contributed by atoms with E-state index in [-0.39, 0.29) is 56.7 Å². The van der Waals surface area contributed by atoms with E-state index in [4.69, 9.17) is 22.3 Å². The first kappa shape index (κ1) is 66.2. The molecule has 2 aromatic carbocycles. The molecular weight excluding hydrogens is 1060 g/mol. The van der Waals surface area contributed by atoms with E-state index in [2.05, 4.69) is 52.5 Å². The second-order valence-electron chi connectivity index (χ2n) is 19.3. The van der Waals surface area contributed by atoms with Crippen LogP contribution < -0.4 is 59.7 Å². The number of aromatic nitrogens is 2. The minimum Gasteiger partial charge on any atom is -0.508 e. The number of carboxylic acids is 2. The van der Waals surface area contributed by atoms with Crippen molar-refractivity contribution in [2.24, 2.45) is 23.1 Å². The summed E-state index contributed by atoms with van der Waals surface area (Å²) in [6.45, 7) is 3.05. The largest absolute Gasteiger partial charge is 0.508 e. The number of phenolic OH excluding ortho intramolecular Hbond substituents is 1. The standard InChI is InChI=1S/C52H75N13O14S/c1-29(2)21-39(50(77)65-40(23-31-12-14-33(66)15-13-31)51(78)63-38(45(55)72)22-30-9-5-4-6-10-30)64-49(76)37(18-20-80-3)62-48(75)35(11-7-8-19-53)61-52(79)41(24-32-26-56-28-58-32)59-42(67)27-57-47(74)36(16-17-43(68)69)60-46(73)34(54)25-44(70)71/h4-6,9-10,12-15,26,28-29,34-41,66H,7-8,11,16-25,27,53-54H2,1-3H3,(H2,55,72)(H,56,58)(H,57,74)(H,59,67)(H,60,73)(H,61,79)(H,62,75)(H,63,78)(H,64,76)(H,65,77)(H,68,69)(H,70,71)/t34-,35-,36-,37-,38-,39-,40-,41-/m0/s1. The molecule has 0 aliphatic rings. The molecule has 1 heterocycles. The number of aliphatic carboxylic acids is 2. The fourth-order valence-electron chi connectivity index (χ4n) is 7.94. The molecule has 438 valence electrons. The maximum atomic E-state index is 14.3. The topological polar surface area (TPSA) is 451 Å². The van der Waals surface area contributed by atoms with Crippen LogP contribution in [0.15, 0.2) is 67.1 Å². The zero-order valence-electron chi connectivity index (χ0n) is 44.9. The first-order valence-electron chi connectivity index (χ1n) is 25.9. The number of nitrogens with zero attached hydrogens (tertiary/aromatic N) is 1. The fourth-order valence-corrected chi connectivity index (χ4v) is 8.41. The van der Waals surface area contributed by atoms with E-state index in [9.17, 15) is 63.0 Å². The average molecular weight is 1140 g/mol. The molecular formula is C52H75N13O14S. The molecule has 0 radical (unpaired) electrons. The van der Waals surface area contributed by atoms with E-state index >= 15 is 0 Å². The maximum absolute atomic E-state index is 14.3. The van der Waals surface area contributed by atoms with Gasteiger partial charge in [0.1, 0.15) is 48.0 Å². The molecule has 0 unspecified atom stereocenters. The summed E-state index contributed by atoms with van der Waals surface area (Å²) in [5.41, 5.74) is 18.7. The Bertz CT molecular complexity index is 2540. The van der Waals surface area contributed by atoms with Gasteiger partial charge >= 0.3 is 11.9 Å². The summed E-state index contributed by atoms with van der Waals surface area (Å²) in [6, 6.07) is 3.81. The van der Waals surface area contributed by atoms with E-state index in [1.165, 1.54) is 36.4 Å². The summed E-state index contributed by atoms with van der Waals surface area (Å²) < 4.78 is 0. The molecule has 3 aromatic rings. The Kier molecular flexibility index (Phi) is 28.7. The Morgan fingerprint density at radius 3 is 1.70 bits per heavy atom. The van der Waals surface area contributed by atoms with Crippen LogP contribution in [0.3, 0.4) is 0 Å². The smallest absolute Gasteiger partial charge is 0.305 e. The molecule has 0 aliphatic carbocycles. The summed E-state index contributed by atoms with van der Waals surface area (Å²) in [5.74, 6) is -10.4. The molecule has 3 rings (SSSR count). The van der Waals surface area contributed by atoms with Crippen LogP contribution >= 0.6 is 11.8 Å². The SMILES string of the molecule is CSCC[C@H](NC(=O)[C@H](CCCCN)NC(=O)[C@H](Cc1cnc[nH]1)NC(=O)CNC(=O)[C@H](CCC(=O)O)NC(=O)[C@@H](N)CC(=O)O)C(=O)N[C@@H](CC(C)C)C(=O)N[C@@H](Cc1ccc(O)cc1)C(=O)N[C@@H](Cc1ccccc1)C(N)=O.